The summed E-state index contributed by atoms with van der Waals surface area (Å²) in [6, 6.07) is 8.12. The van der Waals surface area contributed by atoms with Gasteiger partial charge in [0.15, 0.2) is 0 Å². The minimum atomic E-state index is -0.442. The summed E-state index contributed by atoms with van der Waals surface area (Å²) in [5.41, 5.74) is 1.58. The monoisotopic (exact) mass is 229 g/mol. The summed E-state index contributed by atoms with van der Waals surface area (Å²) in [5, 5.41) is 13.0. The number of nitriles is 1. The van der Waals surface area contributed by atoms with Crippen molar-refractivity contribution >= 4 is 0 Å². The molecule has 0 saturated carbocycles. The predicted octanol–water partition coefficient (Wildman–Crippen LogP) is 3.01. The number of halogens is 1. The van der Waals surface area contributed by atoms with Crippen molar-refractivity contribution in [1.82, 2.24) is 9.78 Å². The highest BCUT2D eigenvalue weighted by molar-refractivity contribution is 5.40. The highest BCUT2D eigenvalue weighted by Crippen LogP contribution is 2.17. The third-order valence-corrected chi connectivity index (χ3v) is 2.52. The van der Waals surface area contributed by atoms with E-state index in [1.807, 2.05) is 26.0 Å². The molecular weight excluding hydrogens is 217 g/mol. The van der Waals surface area contributed by atoms with Crippen LogP contribution >= 0.6 is 0 Å². The molecule has 1 aromatic carbocycles. The van der Waals surface area contributed by atoms with Gasteiger partial charge in [-0.2, -0.15) is 10.4 Å². The first-order valence-corrected chi connectivity index (χ1v) is 5.37. The van der Waals surface area contributed by atoms with Crippen molar-refractivity contribution < 1.29 is 4.39 Å². The highest BCUT2D eigenvalue weighted by Gasteiger charge is 2.09. The Kier molecular flexibility index (Phi) is 2.92. The molecule has 2 rings (SSSR count). The van der Waals surface area contributed by atoms with Crippen molar-refractivity contribution in [2.75, 3.05) is 0 Å². The lowest BCUT2D eigenvalue weighted by Crippen LogP contribution is -2.00. The Morgan fingerprint density at radius 1 is 1.35 bits per heavy atom. The first-order valence-electron chi connectivity index (χ1n) is 5.37. The second-order valence-electron chi connectivity index (χ2n) is 4.12. The SMILES string of the molecule is CC(C)c1ccn(-c2ccc(C#N)cc2F)n1. The molecule has 0 atom stereocenters. The quantitative estimate of drug-likeness (QED) is 0.794. The van der Waals surface area contributed by atoms with Gasteiger partial charge in [-0.25, -0.2) is 9.07 Å². The largest absolute Gasteiger partial charge is 0.238 e. The molecule has 2 aromatic rings. The zero-order chi connectivity index (χ0) is 12.4. The van der Waals surface area contributed by atoms with Gasteiger partial charge in [0.1, 0.15) is 11.5 Å². The van der Waals surface area contributed by atoms with Gasteiger partial charge < -0.3 is 0 Å². The molecule has 17 heavy (non-hydrogen) atoms. The van der Waals surface area contributed by atoms with E-state index in [2.05, 4.69) is 5.10 Å². The topological polar surface area (TPSA) is 41.6 Å². The van der Waals surface area contributed by atoms with E-state index in [9.17, 15) is 4.39 Å². The van der Waals surface area contributed by atoms with E-state index >= 15 is 0 Å². The molecule has 0 amide bonds. The summed E-state index contributed by atoms with van der Waals surface area (Å²) in [4.78, 5) is 0. The third kappa shape index (κ3) is 2.18. The van der Waals surface area contributed by atoms with Crippen LogP contribution < -0.4 is 0 Å². The van der Waals surface area contributed by atoms with E-state index in [0.29, 0.717) is 17.2 Å². The maximum atomic E-state index is 13.7. The molecule has 0 radical (unpaired) electrons. The standard InChI is InChI=1S/C13H12FN3/c1-9(2)12-5-6-17(16-12)13-4-3-10(8-15)7-11(13)14/h3-7,9H,1-2H3. The van der Waals surface area contributed by atoms with Gasteiger partial charge in [0.25, 0.3) is 0 Å². The lowest BCUT2D eigenvalue weighted by Gasteiger charge is -2.04. The number of rotatable bonds is 2. The molecule has 0 N–H and O–H groups in total. The second-order valence-corrected chi connectivity index (χ2v) is 4.12. The molecule has 0 bridgehead atoms. The Hall–Kier alpha value is -2.15. The van der Waals surface area contributed by atoms with Gasteiger partial charge in [-0.15, -0.1) is 0 Å². The Labute approximate surface area is 99.1 Å². The highest BCUT2D eigenvalue weighted by atomic mass is 19.1. The van der Waals surface area contributed by atoms with Crippen molar-refractivity contribution in [2.24, 2.45) is 0 Å². The molecule has 3 nitrogen and oxygen atoms in total. The maximum Gasteiger partial charge on any atom is 0.150 e. The molecule has 1 aromatic heterocycles. The molecule has 0 spiro atoms. The first-order chi connectivity index (χ1) is 8.11. The molecule has 1 heterocycles. The van der Waals surface area contributed by atoms with Crippen LogP contribution in [0.3, 0.4) is 0 Å². The number of benzene rings is 1. The van der Waals surface area contributed by atoms with E-state index in [1.165, 1.54) is 10.7 Å². The Balaban J connectivity index is 2.43. The van der Waals surface area contributed by atoms with Gasteiger partial charge in [-0.05, 0) is 30.2 Å². The molecule has 0 saturated heterocycles. The molecule has 0 aliphatic carbocycles. The second kappa shape index (κ2) is 4.38. The van der Waals surface area contributed by atoms with Gasteiger partial charge in [-0.3, -0.25) is 0 Å². The van der Waals surface area contributed by atoms with Crippen LogP contribution in [-0.2, 0) is 0 Å². The average molecular weight is 229 g/mol. The van der Waals surface area contributed by atoms with Crippen molar-refractivity contribution in [2.45, 2.75) is 19.8 Å². The lowest BCUT2D eigenvalue weighted by atomic mass is 10.1. The average Bonchev–Trinajstić information content (AvgIpc) is 2.78. The molecule has 0 unspecified atom stereocenters. The van der Waals surface area contributed by atoms with Crippen molar-refractivity contribution in [3.05, 3.63) is 47.5 Å². The van der Waals surface area contributed by atoms with Crippen LogP contribution in [0.2, 0.25) is 0 Å². The normalized spacial score (nSPS) is 10.5. The summed E-state index contributed by atoms with van der Waals surface area (Å²) in [6.45, 7) is 4.06. The van der Waals surface area contributed by atoms with Crippen molar-refractivity contribution in [1.29, 1.82) is 5.26 Å². The minimum absolute atomic E-state index is 0.303. The van der Waals surface area contributed by atoms with Crippen LogP contribution in [0.25, 0.3) is 5.69 Å². The smallest absolute Gasteiger partial charge is 0.150 e. The summed E-state index contributed by atoms with van der Waals surface area (Å²) in [6.07, 6.45) is 1.72. The van der Waals surface area contributed by atoms with Gasteiger partial charge >= 0.3 is 0 Å². The van der Waals surface area contributed by atoms with Gasteiger partial charge in [0.05, 0.1) is 17.3 Å². The lowest BCUT2D eigenvalue weighted by molar-refractivity contribution is 0.608. The van der Waals surface area contributed by atoms with Crippen molar-refractivity contribution in [3.63, 3.8) is 0 Å². The van der Waals surface area contributed by atoms with E-state index in [4.69, 9.17) is 5.26 Å². The molecule has 0 aliphatic rings. The maximum absolute atomic E-state index is 13.7. The number of hydrogen-bond acceptors (Lipinski definition) is 2. The van der Waals surface area contributed by atoms with E-state index in [0.717, 1.165) is 5.69 Å². The number of aromatic nitrogens is 2. The van der Waals surface area contributed by atoms with Crippen LogP contribution in [-0.4, -0.2) is 9.78 Å². The molecule has 0 fully saturated rings. The predicted molar refractivity (Wildman–Crippen MR) is 62.3 cm³/mol. The van der Waals surface area contributed by atoms with Crippen LogP contribution in [0.4, 0.5) is 4.39 Å². The fourth-order valence-electron chi connectivity index (χ4n) is 1.54. The van der Waals surface area contributed by atoms with Gasteiger partial charge in [-0.1, -0.05) is 13.8 Å². The van der Waals surface area contributed by atoms with E-state index in [1.54, 1.807) is 18.3 Å². The van der Waals surface area contributed by atoms with E-state index < -0.39 is 5.82 Å². The number of hydrogen-bond donors (Lipinski definition) is 0. The molecule has 0 aliphatic heterocycles. The number of nitrogens with zero attached hydrogens (tertiary/aromatic N) is 3. The fraction of sp³-hybridized carbons (Fsp3) is 0.231. The Bertz CT molecular complexity index is 579. The van der Waals surface area contributed by atoms with Gasteiger partial charge in [0.2, 0.25) is 0 Å². The first kappa shape index (κ1) is 11.3. The van der Waals surface area contributed by atoms with Gasteiger partial charge in [0, 0.05) is 6.20 Å². The van der Waals surface area contributed by atoms with Crippen LogP contribution in [0, 0.1) is 17.1 Å². The van der Waals surface area contributed by atoms with Crippen molar-refractivity contribution in [3.8, 4) is 11.8 Å². The molecular formula is C13H12FN3. The fourth-order valence-corrected chi connectivity index (χ4v) is 1.54. The van der Waals surface area contributed by atoms with E-state index in [-0.39, 0.29) is 0 Å². The zero-order valence-corrected chi connectivity index (χ0v) is 9.68. The summed E-state index contributed by atoms with van der Waals surface area (Å²) in [5.74, 6) is -0.139. The zero-order valence-electron chi connectivity index (χ0n) is 9.68. The summed E-state index contributed by atoms with van der Waals surface area (Å²) < 4.78 is 15.2. The third-order valence-electron chi connectivity index (χ3n) is 2.52. The molecule has 86 valence electrons. The summed E-state index contributed by atoms with van der Waals surface area (Å²) >= 11 is 0. The Morgan fingerprint density at radius 3 is 2.65 bits per heavy atom. The summed E-state index contributed by atoms with van der Waals surface area (Å²) in [7, 11) is 0. The Morgan fingerprint density at radius 2 is 2.12 bits per heavy atom. The van der Waals surface area contributed by atoms with Crippen LogP contribution in [0.1, 0.15) is 31.0 Å². The minimum Gasteiger partial charge on any atom is -0.238 e. The van der Waals surface area contributed by atoms with Crippen LogP contribution in [0.5, 0.6) is 0 Å². The van der Waals surface area contributed by atoms with Crippen LogP contribution in [0.15, 0.2) is 30.5 Å². The molecule has 4 heteroatoms.